The molecule has 1 saturated carbocycles. The number of carbonyl (C=O) groups excluding carboxylic acids is 3. The van der Waals surface area contributed by atoms with Crippen LogP contribution in [-0.4, -0.2) is 65.4 Å². The average molecular weight is 538 g/mol. The van der Waals surface area contributed by atoms with Gasteiger partial charge in [-0.1, -0.05) is 19.3 Å². The summed E-state index contributed by atoms with van der Waals surface area (Å²) in [6.07, 6.45) is 0.153. The first kappa shape index (κ1) is 31.1. The van der Waals surface area contributed by atoms with Gasteiger partial charge in [-0.2, -0.15) is 0 Å². The van der Waals surface area contributed by atoms with E-state index in [1.54, 1.807) is 27.7 Å². The van der Waals surface area contributed by atoms with Gasteiger partial charge in [0.05, 0.1) is 0 Å². The van der Waals surface area contributed by atoms with Gasteiger partial charge in [-0.05, 0) is 72.1 Å². The van der Waals surface area contributed by atoms with Crippen molar-refractivity contribution in [2.24, 2.45) is 11.8 Å². The normalized spacial score (nSPS) is 23.0. The molecule has 4 atom stereocenters. The third kappa shape index (κ3) is 10.7. The van der Waals surface area contributed by atoms with E-state index in [0.29, 0.717) is 12.8 Å². The minimum Gasteiger partial charge on any atom is -0.444 e. The molecule has 1 heterocycles. The third-order valence-corrected chi connectivity index (χ3v) is 6.89. The number of alkyl carbamates (subject to hydrolysis) is 1. The number of alkyl halides is 4. The second-order valence-electron chi connectivity index (χ2n) is 11.8. The molecule has 37 heavy (non-hydrogen) atoms. The van der Waals surface area contributed by atoms with Crippen LogP contribution in [0.1, 0.15) is 92.4 Å². The van der Waals surface area contributed by atoms with Gasteiger partial charge in [-0.15, -0.1) is 0 Å². The number of rotatable bonds is 10. The maximum absolute atomic E-state index is 13.9. The monoisotopic (exact) mass is 537 g/mol. The molecule has 0 aromatic heterocycles. The van der Waals surface area contributed by atoms with Crippen LogP contribution in [0.5, 0.6) is 0 Å². The Kier molecular flexibility index (Phi) is 11.1. The Morgan fingerprint density at radius 2 is 1.62 bits per heavy atom. The fourth-order valence-electron chi connectivity index (χ4n) is 5.32. The Morgan fingerprint density at radius 1 is 1.00 bits per heavy atom. The van der Waals surface area contributed by atoms with E-state index < -0.39 is 66.3 Å². The standard InChI is InChI=1S/C26H43F4N3O4/c1-16(11-12-20(27)28)31-22(34)19-13-17(14-26(5,29)30)15-33(19)23(35)21(18-9-7-6-8-10-18)32-24(36)37-25(2,3)4/h16-21H,6-15H2,1-5H3,(H,31,34)(H,32,36)/t16?,17-,19?,21?/m0/s1. The molecule has 11 heteroatoms. The molecule has 0 radical (unpaired) electrons. The summed E-state index contributed by atoms with van der Waals surface area (Å²) >= 11 is 0. The van der Waals surface area contributed by atoms with Crippen molar-refractivity contribution in [2.45, 2.75) is 128 Å². The van der Waals surface area contributed by atoms with Crippen LogP contribution in [0.4, 0.5) is 22.4 Å². The molecule has 0 aromatic carbocycles. The summed E-state index contributed by atoms with van der Waals surface area (Å²) < 4.78 is 58.3. The topological polar surface area (TPSA) is 87.7 Å². The molecule has 7 nitrogen and oxygen atoms in total. The second kappa shape index (κ2) is 13.1. The molecule has 0 spiro atoms. The Hall–Kier alpha value is -2.07. The zero-order valence-corrected chi connectivity index (χ0v) is 22.6. The third-order valence-electron chi connectivity index (χ3n) is 6.89. The van der Waals surface area contributed by atoms with E-state index in [4.69, 9.17) is 4.74 Å². The fourth-order valence-corrected chi connectivity index (χ4v) is 5.32. The molecule has 1 saturated heterocycles. The van der Waals surface area contributed by atoms with Gasteiger partial charge < -0.3 is 20.3 Å². The van der Waals surface area contributed by atoms with Gasteiger partial charge in [0, 0.05) is 25.4 Å². The van der Waals surface area contributed by atoms with Crippen LogP contribution in [0, 0.1) is 11.8 Å². The van der Waals surface area contributed by atoms with Gasteiger partial charge in [0.1, 0.15) is 17.7 Å². The molecule has 1 aliphatic carbocycles. The largest absolute Gasteiger partial charge is 0.444 e. The lowest BCUT2D eigenvalue weighted by atomic mass is 9.83. The molecule has 0 bridgehead atoms. The molecule has 2 rings (SSSR count). The number of nitrogens with zero attached hydrogens (tertiary/aromatic N) is 1. The first-order valence-electron chi connectivity index (χ1n) is 13.3. The van der Waals surface area contributed by atoms with Crippen LogP contribution in [0.15, 0.2) is 0 Å². The quantitative estimate of drug-likeness (QED) is 0.372. The number of likely N-dealkylation sites (tertiary alicyclic amines) is 1. The van der Waals surface area contributed by atoms with E-state index in [0.717, 1.165) is 26.2 Å². The number of nitrogens with one attached hydrogen (secondary N) is 2. The number of hydrogen-bond acceptors (Lipinski definition) is 4. The van der Waals surface area contributed by atoms with Crippen LogP contribution in [0.2, 0.25) is 0 Å². The molecular formula is C26H43F4N3O4. The SMILES string of the molecule is CC(CCC(F)F)NC(=O)C1C[C@@H](CC(C)(F)F)CN1C(=O)C(NC(=O)OC(C)(C)C)C1CCCCC1. The molecular weight excluding hydrogens is 494 g/mol. The number of halogens is 4. The van der Waals surface area contributed by atoms with E-state index in [2.05, 4.69) is 10.6 Å². The molecule has 214 valence electrons. The average Bonchev–Trinajstić information content (AvgIpc) is 3.17. The van der Waals surface area contributed by atoms with Crippen molar-refractivity contribution in [1.82, 2.24) is 15.5 Å². The van der Waals surface area contributed by atoms with Crippen LogP contribution >= 0.6 is 0 Å². The summed E-state index contributed by atoms with van der Waals surface area (Å²) in [5.74, 6) is -4.83. The Bertz CT molecular complexity index is 779. The summed E-state index contributed by atoms with van der Waals surface area (Å²) in [7, 11) is 0. The van der Waals surface area contributed by atoms with Crippen molar-refractivity contribution in [2.75, 3.05) is 6.54 Å². The van der Waals surface area contributed by atoms with E-state index >= 15 is 0 Å². The first-order valence-corrected chi connectivity index (χ1v) is 13.3. The number of carbonyl (C=O) groups is 3. The smallest absolute Gasteiger partial charge is 0.408 e. The molecule has 2 fully saturated rings. The maximum Gasteiger partial charge on any atom is 0.408 e. The second-order valence-corrected chi connectivity index (χ2v) is 11.8. The van der Waals surface area contributed by atoms with Crippen LogP contribution < -0.4 is 10.6 Å². The van der Waals surface area contributed by atoms with Gasteiger partial charge in [0.2, 0.25) is 24.2 Å². The minimum absolute atomic E-state index is 0.0341. The molecule has 2 N–H and O–H groups in total. The lowest BCUT2D eigenvalue weighted by Gasteiger charge is -2.35. The van der Waals surface area contributed by atoms with Crippen LogP contribution in [0.25, 0.3) is 0 Å². The number of ether oxygens (including phenoxy) is 1. The fraction of sp³-hybridized carbons (Fsp3) is 0.885. The first-order chi connectivity index (χ1) is 17.1. The Labute approximate surface area is 217 Å². The van der Waals surface area contributed by atoms with Crippen molar-refractivity contribution >= 4 is 17.9 Å². The number of amides is 3. The highest BCUT2D eigenvalue weighted by atomic mass is 19.3. The highest BCUT2D eigenvalue weighted by Crippen LogP contribution is 2.35. The molecule has 1 aliphatic heterocycles. The van der Waals surface area contributed by atoms with Gasteiger partial charge in [0.15, 0.2) is 0 Å². The van der Waals surface area contributed by atoms with Crippen molar-refractivity contribution in [3.8, 4) is 0 Å². The van der Waals surface area contributed by atoms with Crippen molar-refractivity contribution in [3.63, 3.8) is 0 Å². The zero-order chi connectivity index (χ0) is 28.0. The summed E-state index contributed by atoms with van der Waals surface area (Å²) in [4.78, 5) is 40.9. The van der Waals surface area contributed by atoms with Gasteiger partial charge in [-0.3, -0.25) is 9.59 Å². The van der Waals surface area contributed by atoms with Gasteiger partial charge in [0.25, 0.3) is 0 Å². The van der Waals surface area contributed by atoms with E-state index in [9.17, 15) is 31.9 Å². The van der Waals surface area contributed by atoms with E-state index in [1.807, 2.05) is 0 Å². The molecule has 3 unspecified atom stereocenters. The summed E-state index contributed by atoms with van der Waals surface area (Å²) in [5.41, 5.74) is -0.785. The van der Waals surface area contributed by atoms with Crippen molar-refractivity contribution in [1.29, 1.82) is 0 Å². The van der Waals surface area contributed by atoms with Gasteiger partial charge >= 0.3 is 6.09 Å². The van der Waals surface area contributed by atoms with E-state index in [-0.39, 0.29) is 31.7 Å². The Balaban J connectivity index is 2.26. The summed E-state index contributed by atoms with van der Waals surface area (Å²) in [5, 5.41) is 5.37. The predicted molar refractivity (Wildman–Crippen MR) is 131 cm³/mol. The highest BCUT2D eigenvalue weighted by Gasteiger charge is 2.46. The minimum atomic E-state index is -2.98. The maximum atomic E-state index is 13.9. The van der Waals surface area contributed by atoms with Crippen LogP contribution in [-0.2, 0) is 14.3 Å². The van der Waals surface area contributed by atoms with E-state index in [1.165, 1.54) is 4.90 Å². The van der Waals surface area contributed by atoms with Crippen LogP contribution in [0.3, 0.4) is 0 Å². The summed E-state index contributed by atoms with van der Waals surface area (Å²) in [6, 6.07) is -2.55. The Morgan fingerprint density at radius 3 is 2.16 bits per heavy atom. The molecule has 2 aliphatic rings. The number of hydrogen-bond donors (Lipinski definition) is 2. The van der Waals surface area contributed by atoms with Crippen molar-refractivity contribution in [3.05, 3.63) is 0 Å². The lowest BCUT2D eigenvalue weighted by molar-refractivity contribution is -0.141. The molecule has 0 aromatic rings. The predicted octanol–water partition coefficient (Wildman–Crippen LogP) is 5.27. The zero-order valence-electron chi connectivity index (χ0n) is 22.6. The summed E-state index contributed by atoms with van der Waals surface area (Å²) in [6.45, 7) is 7.45. The molecule has 3 amide bonds. The highest BCUT2D eigenvalue weighted by molar-refractivity contribution is 5.92. The van der Waals surface area contributed by atoms with Crippen molar-refractivity contribution < 1.29 is 36.7 Å². The van der Waals surface area contributed by atoms with Gasteiger partial charge in [-0.25, -0.2) is 22.4 Å². The lowest BCUT2D eigenvalue weighted by Crippen LogP contribution is -2.57.